The van der Waals surface area contributed by atoms with Crippen molar-refractivity contribution < 1.29 is 14.3 Å². The smallest absolute Gasteiger partial charge is 0.407 e. The Kier molecular flexibility index (Phi) is 8.70. The van der Waals surface area contributed by atoms with Crippen LogP contribution >= 0.6 is 0 Å². The largest absolute Gasteiger partial charge is 0.444 e. The summed E-state index contributed by atoms with van der Waals surface area (Å²) in [6.45, 7) is 7.06. The zero-order valence-electron chi connectivity index (χ0n) is 15.0. The first-order chi connectivity index (χ1) is 10.9. The lowest BCUT2D eigenvalue weighted by Crippen LogP contribution is -2.33. The fraction of sp³-hybridized carbons (Fsp3) is 0.632. The summed E-state index contributed by atoms with van der Waals surface area (Å²) in [4.78, 5) is 11.6. The summed E-state index contributed by atoms with van der Waals surface area (Å²) >= 11 is 0. The van der Waals surface area contributed by atoms with Crippen LogP contribution in [-0.2, 0) is 22.3 Å². The van der Waals surface area contributed by atoms with Gasteiger partial charge in [-0.3, -0.25) is 0 Å². The van der Waals surface area contributed by atoms with E-state index in [1.165, 1.54) is 11.1 Å². The molecule has 1 N–H and O–H groups in total. The van der Waals surface area contributed by atoms with Gasteiger partial charge in [0.2, 0.25) is 0 Å². The van der Waals surface area contributed by atoms with Crippen molar-refractivity contribution in [2.24, 2.45) is 0 Å². The number of ether oxygens (including phenoxy) is 2. The second-order valence-electron chi connectivity index (χ2n) is 6.80. The van der Waals surface area contributed by atoms with Gasteiger partial charge < -0.3 is 14.8 Å². The van der Waals surface area contributed by atoms with Gasteiger partial charge in [-0.1, -0.05) is 24.3 Å². The highest BCUT2D eigenvalue weighted by atomic mass is 16.6. The maximum absolute atomic E-state index is 11.6. The zero-order valence-corrected chi connectivity index (χ0v) is 15.0. The summed E-state index contributed by atoms with van der Waals surface area (Å²) in [5.41, 5.74) is 2.25. The molecule has 0 saturated carbocycles. The molecule has 0 radical (unpaired) electrons. The van der Waals surface area contributed by atoms with E-state index in [0.29, 0.717) is 6.54 Å². The van der Waals surface area contributed by atoms with Crippen LogP contribution in [0.25, 0.3) is 0 Å². The Labute approximate surface area is 140 Å². The molecule has 1 aromatic carbocycles. The number of amides is 1. The Balaban J connectivity index is 2.25. The molecule has 0 unspecified atom stereocenters. The Morgan fingerprint density at radius 1 is 1.09 bits per heavy atom. The van der Waals surface area contributed by atoms with Crippen molar-refractivity contribution >= 4 is 6.09 Å². The molecule has 4 nitrogen and oxygen atoms in total. The zero-order chi connectivity index (χ0) is 17.1. The molecule has 1 aromatic rings. The number of hydrogen-bond acceptors (Lipinski definition) is 3. The van der Waals surface area contributed by atoms with Crippen molar-refractivity contribution in [3.8, 4) is 0 Å². The predicted octanol–water partition coefficient (Wildman–Crippen LogP) is 4.11. The minimum absolute atomic E-state index is 0.343. The third-order valence-corrected chi connectivity index (χ3v) is 3.37. The van der Waals surface area contributed by atoms with Gasteiger partial charge in [0.15, 0.2) is 0 Å². The standard InChI is InChI=1S/C19H31NO3/c1-19(2,3)23-18(21)20-13-8-12-17-11-7-10-16(15-17)9-5-6-14-22-4/h7,10-11,15H,5-6,8-9,12-14H2,1-4H3,(H,20,21). The number of rotatable bonds is 9. The molecule has 1 amide bonds. The van der Waals surface area contributed by atoms with Crippen LogP contribution in [0.1, 0.15) is 51.2 Å². The normalized spacial score (nSPS) is 11.3. The second-order valence-corrected chi connectivity index (χ2v) is 6.80. The van der Waals surface area contributed by atoms with Crippen LogP contribution in [0.4, 0.5) is 4.79 Å². The van der Waals surface area contributed by atoms with Gasteiger partial charge in [0.25, 0.3) is 0 Å². The van der Waals surface area contributed by atoms with E-state index < -0.39 is 5.60 Å². The van der Waals surface area contributed by atoms with Gasteiger partial charge in [0.05, 0.1) is 0 Å². The SMILES string of the molecule is COCCCCc1cccc(CCCNC(=O)OC(C)(C)C)c1. The van der Waals surface area contributed by atoms with Crippen molar-refractivity contribution in [3.05, 3.63) is 35.4 Å². The van der Waals surface area contributed by atoms with E-state index in [4.69, 9.17) is 9.47 Å². The quantitative estimate of drug-likeness (QED) is 0.696. The average Bonchev–Trinajstić information content (AvgIpc) is 2.47. The maximum atomic E-state index is 11.6. The monoisotopic (exact) mass is 321 g/mol. The van der Waals surface area contributed by atoms with E-state index in [2.05, 4.69) is 29.6 Å². The second kappa shape index (κ2) is 10.3. The average molecular weight is 321 g/mol. The third-order valence-electron chi connectivity index (χ3n) is 3.37. The Morgan fingerprint density at radius 3 is 2.35 bits per heavy atom. The molecule has 0 fully saturated rings. The molecule has 0 saturated heterocycles. The van der Waals surface area contributed by atoms with Gasteiger partial charge in [-0.05, 0) is 64.0 Å². The molecule has 0 bridgehead atoms. The lowest BCUT2D eigenvalue weighted by molar-refractivity contribution is 0.0527. The van der Waals surface area contributed by atoms with Crippen LogP contribution in [0, 0.1) is 0 Å². The van der Waals surface area contributed by atoms with Crippen LogP contribution in [-0.4, -0.2) is 32.0 Å². The summed E-state index contributed by atoms with van der Waals surface area (Å²) in [6, 6.07) is 8.70. The van der Waals surface area contributed by atoms with Gasteiger partial charge in [-0.2, -0.15) is 0 Å². The number of hydrogen-bond donors (Lipinski definition) is 1. The Hall–Kier alpha value is -1.55. The molecule has 0 atom stereocenters. The lowest BCUT2D eigenvalue weighted by Gasteiger charge is -2.19. The van der Waals surface area contributed by atoms with E-state index in [1.54, 1.807) is 7.11 Å². The molecule has 130 valence electrons. The Bertz CT molecular complexity index is 466. The summed E-state index contributed by atoms with van der Waals surface area (Å²) in [5, 5.41) is 2.80. The minimum Gasteiger partial charge on any atom is -0.444 e. The van der Waals surface area contributed by atoms with E-state index in [-0.39, 0.29) is 6.09 Å². The number of benzene rings is 1. The first-order valence-electron chi connectivity index (χ1n) is 8.44. The van der Waals surface area contributed by atoms with Gasteiger partial charge in [-0.25, -0.2) is 4.79 Å². The number of nitrogens with one attached hydrogen (secondary N) is 1. The summed E-state index contributed by atoms with van der Waals surface area (Å²) in [5.74, 6) is 0. The molecule has 23 heavy (non-hydrogen) atoms. The molecular weight excluding hydrogens is 290 g/mol. The molecule has 0 spiro atoms. The summed E-state index contributed by atoms with van der Waals surface area (Å²) < 4.78 is 10.3. The molecular formula is C19H31NO3. The first kappa shape index (κ1) is 19.5. The molecule has 0 aromatic heterocycles. The van der Waals surface area contributed by atoms with Crippen LogP contribution < -0.4 is 5.32 Å². The summed E-state index contributed by atoms with van der Waals surface area (Å²) in [7, 11) is 1.74. The van der Waals surface area contributed by atoms with Crippen LogP contribution in [0.2, 0.25) is 0 Å². The molecule has 0 aliphatic rings. The van der Waals surface area contributed by atoms with E-state index >= 15 is 0 Å². The van der Waals surface area contributed by atoms with Gasteiger partial charge in [0, 0.05) is 20.3 Å². The van der Waals surface area contributed by atoms with Crippen LogP contribution in [0.15, 0.2) is 24.3 Å². The van der Waals surface area contributed by atoms with Crippen molar-refractivity contribution in [3.63, 3.8) is 0 Å². The highest BCUT2D eigenvalue weighted by Gasteiger charge is 2.15. The first-order valence-corrected chi connectivity index (χ1v) is 8.44. The Morgan fingerprint density at radius 2 is 1.74 bits per heavy atom. The third kappa shape index (κ3) is 9.95. The van der Waals surface area contributed by atoms with E-state index in [9.17, 15) is 4.79 Å². The minimum atomic E-state index is -0.443. The fourth-order valence-corrected chi connectivity index (χ4v) is 2.31. The number of carbonyl (C=O) groups is 1. The molecule has 0 aliphatic carbocycles. The number of methoxy groups -OCH3 is 1. The van der Waals surface area contributed by atoms with Crippen molar-refractivity contribution in [1.29, 1.82) is 0 Å². The lowest BCUT2D eigenvalue weighted by atomic mass is 10.0. The molecule has 0 aliphatic heterocycles. The molecule has 0 heterocycles. The number of unbranched alkanes of at least 4 members (excludes halogenated alkanes) is 1. The highest BCUT2D eigenvalue weighted by Crippen LogP contribution is 2.11. The van der Waals surface area contributed by atoms with Gasteiger partial charge in [0.1, 0.15) is 5.60 Å². The van der Waals surface area contributed by atoms with Crippen LogP contribution in [0.5, 0.6) is 0 Å². The highest BCUT2D eigenvalue weighted by molar-refractivity contribution is 5.67. The topological polar surface area (TPSA) is 47.6 Å². The van der Waals surface area contributed by atoms with Crippen molar-refractivity contribution in [2.75, 3.05) is 20.3 Å². The number of alkyl carbamates (subject to hydrolysis) is 1. The predicted molar refractivity (Wildman–Crippen MR) is 93.8 cm³/mol. The van der Waals surface area contributed by atoms with Crippen molar-refractivity contribution in [1.82, 2.24) is 5.32 Å². The molecule has 4 heteroatoms. The molecule has 1 rings (SSSR count). The van der Waals surface area contributed by atoms with Gasteiger partial charge in [-0.15, -0.1) is 0 Å². The van der Waals surface area contributed by atoms with E-state index in [1.807, 2.05) is 20.8 Å². The summed E-state index contributed by atoms with van der Waals surface area (Å²) in [6.07, 6.45) is 4.86. The number of carbonyl (C=O) groups excluding carboxylic acids is 1. The fourth-order valence-electron chi connectivity index (χ4n) is 2.31. The number of aryl methyl sites for hydroxylation is 2. The van der Waals surface area contributed by atoms with Crippen molar-refractivity contribution in [2.45, 2.75) is 58.5 Å². The van der Waals surface area contributed by atoms with Gasteiger partial charge >= 0.3 is 6.09 Å². The maximum Gasteiger partial charge on any atom is 0.407 e. The van der Waals surface area contributed by atoms with E-state index in [0.717, 1.165) is 38.7 Å². The van der Waals surface area contributed by atoms with Crippen LogP contribution in [0.3, 0.4) is 0 Å².